The summed E-state index contributed by atoms with van der Waals surface area (Å²) in [5.74, 6) is 0.400. The number of hydrogen-bond acceptors (Lipinski definition) is 6. The fourth-order valence-corrected chi connectivity index (χ4v) is 4.25. The third-order valence-corrected chi connectivity index (χ3v) is 6.24. The average Bonchev–Trinajstić information content (AvgIpc) is 3.48. The van der Waals surface area contributed by atoms with Gasteiger partial charge in [0.1, 0.15) is 5.76 Å². The summed E-state index contributed by atoms with van der Waals surface area (Å²) in [6, 6.07) is 5.61. The molecule has 3 aromatic rings. The van der Waals surface area contributed by atoms with Crippen molar-refractivity contribution < 1.29 is 14.1 Å². The first-order valence-electron chi connectivity index (χ1n) is 10.3. The second-order valence-electron chi connectivity index (χ2n) is 7.40. The number of carbonyl (C=O) groups is 2. The molecule has 160 valence electrons. The molecule has 7 nitrogen and oxygen atoms in total. The number of aromatic nitrogens is 2. The number of pyridine rings is 1. The lowest BCUT2D eigenvalue weighted by molar-refractivity contribution is -0.126. The highest BCUT2D eigenvalue weighted by atomic mass is 32.1. The molecule has 1 N–H and O–H groups in total. The highest BCUT2D eigenvalue weighted by Gasteiger charge is 2.23. The molecule has 2 amide bonds. The highest BCUT2D eigenvalue weighted by Crippen LogP contribution is 2.24. The van der Waals surface area contributed by atoms with E-state index in [1.807, 2.05) is 48.5 Å². The molecule has 4 heterocycles. The molecule has 0 bridgehead atoms. The highest BCUT2D eigenvalue weighted by molar-refractivity contribution is 7.10. The number of amides is 2. The van der Waals surface area contributed by atoms with Crippen LogP contribution in [0.2, 0.25) is 0 Å². The van der Waals surface area contributed by atoms with E-state index >= 15 is 0 Å². The van der Waals surface area contributed by atoms with Crippen molar-refractivity contribution in [3.8, 4) is 0 Å². The van der Waals surface area contributed by atoms with E-state index in [4.69, 9.17) is 4.52 Å². The van der Waals surface area contributed by atoms with E-state index in [1.165, 1.54) is 0 Å². The van der Waals surface area contributed by atoms with Crippen LogP contribution in [0.15, 0.2) is 40.4 Å². The largest absolute Gasteiger partial charge is 0.361 e. The van der Waals surface area contributed by atoms with Crippen molar-refractivity contribution in [3.05, 3.63) is 74.6 Å². The van der Waals surface area contributed by atoms with Gasteiger partial charge in [0, 0.05) is 55.0 Å². The number of fused-ring (bicyclic) bond motifs is 1. The Balaban J connectivity index is 1.44. The average molecular weight is 437 g/mol. The maximum atomic E-state index is 12.6. The minimum absolute atomic E-state index is 0.00719. The summed E-state index contributed by atoms with van der Waals surface area (Å²) in [7, 11) is 0. The smallest absolute Gasteiger partial charge is 0.273 e. The first kappa shape index (κ1) is 21.0. The van der Waals surface area contributed by atoms with E-state index in [1.54, 1.807) is 23.5 Å². The van der Waals surface area contributed by atoms with Crippen molar-refractivity contribution in [2.45, 2.75) is 39.8 Å². The van der Waals surface area contributed by atoms with Crippen LogP contribution in [0.4, 0.5) is 0 Å². The van der Waals surface area contributed by atoms with Gasteiger partial charge in [-0.1, -0.05) is 18.1 Å². The zero-order valence-electron chi connectivity index (χ0n) is 17.6. The van der Waals surface area contributed by atoms with Gasteiger partial charge >= 0.3 is 0 Å². The van der Waals surface area contributed by atoms with Crippen LogP contribution in [0, 0.1) is 6.92 Å². The number of aryl methyl sites for hydroxylation is 2. The minimum atomic E-state index is -0.271. The Bertz CT molecular complexity index is 1120. The van der Waals surface area contributed by atoms with Crippen molar-refractivity contribution in [3.63, 3.8) is 0 Å². The molecule has 8 heteroatoms. The summed E-state index contributed by atoms with van der Waals surface area (Å²) in [6.07, 6.45) is 6.73. The fourth-order valence-electron chi connectivity index (χ4n) is 3.64. The Morgan fingerprint density at radius 1 is 1.39 bits per heavy atom. The van der Waals surface area contributed by atoms with Gasteiger partial charge < -0.3 is 14.7 Å². The molecule has 0 atom stereocenters. The lowest BCUT2D eigenvalue weighted by Crippen LogP contribution is -2.36. The van der Waals surface area contributed by atoms with Crippen LogP contribution in [0.3, 0.4) is 0 Å². The molecule has 1 aliphatic heterocycles. The SMILES string of the molecule is CCc1cc(C(=O)NCc2c(C)ncc3c2CCN(C(=O)C=Cc2cccs2)C3)no1. The van der Waals surface area contributed by atoms with E-state index in [0.717, 1.165) is 33.7 Å². The van der Waals surface area contributed by atoms with Gasteiger partial charge in [-0.15, -0.1) is 11.3 Å². The second-order valence-corrected chi connectivity index (χ2v) is 8.38. The molecule has 0 aliphatic carbocycles. The summed E-state index contributed by atoms with van der Waals surface area (Å²) < 4.78 is 5.11. The van der Waals surface area contributed by atoms with Gasteiger partial charge in [0.15, 0.2) is 5.69 Å². The predicted octanol–water partition coefficient (Wildman–Crippen LogP) is 3.53. The van der Waals surface area contributed by atoms with Crippen LogP contribution in [-0.4, -0.2) is 33.4 Å². The molecule has 0 radical (unpaired) electrons. The van der Waals surface area contributed by atoms with E-state index < -0.39 is 0 Å². The van der Waals surface area contributed by atoms with Crippen molar-refractivity contribution in [2.24, 2.45) is 0 Å². The summed E-state index contributed by atoms with van der Waals surface area (Å²) in [5, 5.41) is 8.73. The Labute approximate surface area is 184 Å². The zero-order chi connectivity index (χ0) is 21.8. The third kappa shape index (κ3) is 4.74. The van der Waals surface area contributed by atoms with Crippen LogP contribution in [-0.2, 0) is 30.7 Å². The molecule has 0 unspecified atom stereocenters. The lowest BCUT2D eigenvalue weighted by atomic mass is 9.94. The third-order valence-electron chi connectivity index (χ3n) is 5.41. The van der Waals surface area contributed by atoms with Crippen LogP contribution in [0.5, 0.6) is 0 Å². The monoisotopic (exact) mass is 436 g/mol. The standard InChI is InChI=1S/C23H24N4O3S/c1-3-17-11-21(26-30-17)23(29)25-13-20-15(2)24-12-16-14-27(9-8-19(16)20)22(28)7-6-18-5-4-10-31-18/h4-7,10-12H,3,8-9,13-14H2,1-2H3,(H,25,29). The molecular formula is C23H24N4O3S. The number of nitrogens with one attached hydrogen (secondary N) is 1. The number of carbonyl (C=O) groups excluding carboxylic acids is 2. The van der Waals surface area contributed by atoms with E-state index in [2.05, 4.69) is 15.5 Å². The molecule has 0 fully saturated rings. The molecule has 0 saturated heterocycles. The summed E-state index contributed by atoms with van der Waals surface area (Å²) >= 11 is 1.60. The summed E-state index contributed by atoms with van der Waals surface area (Å²) in [6.45, 7) is 5.39. The summed E-state index contributed by atoms with van der Waals surface area (Å²) in [5.41, 5.74) is 4.35. The topological polar surface area (TPSA) is 88.3 Å². The molecular weight excluding hydrogens is 412 g/mol. The summed E-state index contributed by atoms with van der Waals surface area (Å²) in [4.78, 5) is 32.4. The van der Waals surface area contributed by atoms with E-state index in [-0.39, 0.29) is 17.5 Å². The van der Waals surface area contributed by atoms with Crippen molar-refractivity contribution in [2.75, 3.05) is 6.54 Å². The number of thiophene rings is 1. The number of hydrogen-bond donors (Lipinski definition) is 1. The molecule has 0 aromatic carbocycles. The Morgan fingerprint density at radius 2 is 2.26 bits per heavy atom. The number of nitrogens with zero attached hydrogens (tertiary/aromatic N) is 3. The molecule has 31 heavy (non-hydrogen) atoms. The van der Waals surface area contributed by atoms with Gasteiger partial charge in [-0.3, -0.25) is 14.6 Å². The van der Waals surface area contributed by atoms with Crippen LogP contribution >= 0.6 is 11.3 Å². The maximum absolute atomic E-state index is 12.6. The molecule has 4 rings (SSSR count). The Hall–Kier alpha value is -3.26. The van der Waals surface area contributed by atoms with Gasteiger partial charge in [-0.05, 0) is 47.6 Å². The first-order valence-corrected chi connectivity index (χ1v) is 11.1. The van der Waals surface area contributed by atoms with Gasteiger partial charge in [-0.25, -0.2) is 0 Å². The molecule has 0 saturated carbocycles. The van der Waals surface area contributed by atoms with Crippen molar-refractivity contribution >= 4 is 29.2 Å². The predicted molar refractivity (Wildman–Crippen MR) is 118 cm³/mol. The molecule has 1 aliphatic rings. The van der Waals surface area contributed by atoms with Gasteiger partial charge in [0.05, 0.1) is 0 Å². The van der Waals surface area contributed by atoms with Crippen molar-refractivity contribution in [1.29, 1.82) is 0 Å². The lowest BCUT2D eigenvalue weighted by Gasteiger charge is -2.29. The minimum Gasteiger partial charge on any atom is -0.361 e. The van der Waals surface area contributed by atoms with Gasteiger partial charge in [0.2, 0.25) is 5.91 Å². The molecule has 0 spiro atoms. The Kier molecular flexibility index (Phi) is 6.27. The Morgan fingerprint density at radius 3 is 3.00 bits per heavy atom. The zero-order valence-corrected chi connectivity index (χ0v) is 18.4. The van der Waals surface area contributed by atoms with Crippen molar-refractivity contribution in [1.82, 2.24) is 20.4 Å². The quantitative estimate of drug-likeness (QED) is 0.597. The van der Waals surface area contributed by atoms with Crippen LogP contribution < -0.4 is 5.32 Å². The molecule has 3 aromatic heterocycles. The van der Waals surface area contributed by atoms with Crippen LogP contribution in [0.1, 0.15) is 50.4 Å². The first-order chi connectivity index (χ1) is 15.0. The number of rotatable bonds is 6. The van der Waals surface area contributed by atoms with Gasteiger partial charge in [-0.2, -0.15) is 0 Å². The normalized spacial score (nSPS) is 13.4. The van der Waals surface area contributed by atoms with E-state index in [9.17, 15) is 9.59 Å². The van der Waals surface area contributed by atoms with Gasteiger partial charge in [0.25, 0.3) is 5.91 Å². The second kappa shape index (κ2) is 9.26. The van der Waals surface area contributed by atoms with E-state index in [0.29, 0.717) is 31.8 Å². The fraction of sp³-hybridized carbons (Fsp3) is 0.304. The van der Waals surface area contributed by atoms with Crippen LogP contribution in [0.25, 0.3) is 6.08 Å². The maximum Gasteiger partial charge on any atom is 0.273 e.